The second-order valence-corrected chi connectivity index (χ2v) is 7.45. The number of hydrogen-bond acceptors (Lipinski definition) is 4. The summed E-state index contributed by atoms with van der Waals surface area (Å²) in [6.07, 6.45) is 2.95. The van der Waals surface area contributed by atoms with Crippen molar-refractivity contribution in [2.24, 2.45) is 11.8 Å². The number of ether oxygens (including phenoxy) is 1. The number of nitrogens with one attached hydrogen (secondary N) is 1. The topological polar surface area (TPSA) is 93.5 Å². The Labute approximate surface area is 164 Å². The monoisotopic (exact) mass is 385 g/mol. The Morgan fingerprint density at radius 3 is 2.68 bits per heavy atom. The second kappa shape index (κ2) is 8.56. The van der Waals surface area contributed by atoms with E-state index in [2.05, 4.69) is 10.4 Å². The fraction of sp³-hybridized carbons (Fsp3) is 0.476. The molecule has 0 saturated carbocycles. The number of nitrogens with zero attached hydrogens (tertiary/aromatic N) is 2. The fourth-order valence-corrected chi connectivity index (χ4v) is 3.69. The van der Waals surface area contributed by atoms with E-state index in [4.69, 9.17) is 4.74 Å². The molecule has 0 bridgehead atoms. The van der Waals surface area contributed by atoms with Gasteiger partial charge in [-0.1, -0.05) is 12.1 Å². The van der Waals surface area contributed by atoms with Gasteiger partial charge in [0.1, 0.15) is 0 Å². The maximum atomic E-state index is 12.7. The largest absolute Gasteiger partial charge is 0.481 e. The highest BCUT2D eigenvalue weighted by atomic mass is 16.5. The van der Waals surface area contributed by atoms with Gasteiger partial charge in [-0.2, -0.15) is 5.10 Å². The van der Waals surface area contributed by atoms with Crippen LogP contribution in [0.3, 0.4) is 0 Å². The zero-order chi connectivity index (χ0) is 20.3. The lowest BCUT2D eigenvalue weighted by Gasteiger charge is -2.27. The van der Waals surface area contributed by atoms with E-state index in [9.17, 15) is 14.7 Å². The third kappa shape index (κ3) is 4.25. The molecule has 1 aliphatic rings. The summed E-state index contributed by atoms with van der Waals surface area (Å²) in [5.74, 6) is -1.77. The van der Waals surface area contributed by atoms with Crippen LogP contribution in [0.4, 0.5) is 0 Å². The number of rotatable bonds is 6. The van der Waals surface area contributed by atoms with Gasteiger partial charge in [0.2, 0.25) is 0 Å². The number of carboxylic acid groups (broad SMARTS) is 1. The Morgan fingerprint density at radius 1 is 1.29 bits per heavy atom. The Morgan fingerprint density at radius 2 is 2.00 bits per heavy atom. The molecule has 2 heterocycles. The van der Waals surface area contributed by atoms with Crippen LogP contribution in [0.15, 0.2) is 24.4 Å². The molecule has 3 rings (SSSR count). The van der Waals surface area contributed by atoms with Gasteiger partial charge in [0.15, 0.2) is 0 Å². The normalized spacial score (nSPS) is 16.0. The molecule has 0 aliphatic carbocycles. The number of benzene rings is 1. The van der Waals surface area contributed by atoms with Crippen LogP contribution in [0.25, 0.3) is 5.69 Å². The average molecular weight is 385 g/mol. The summed E-state index contributed by atoms with van der Waals surface area (Å²) in [4.78, 5) is 24.4. The lowest BCUT2D eigenvalue weighted by molar-refractivity contribution is -0.144. The first-order valence-corrected chi connectivity index (χ1v) is 9.59. The zero-order valence-electron chi connectivity index (χ0n) is 16.6. The van der Waals surface area contributed by atoms with Crippen molar-refractivity contribution in [2.45, 2.75) is 33.6 Å². The molecule has 1 unspecified atom stereocenters. The van der Waals surface area contributed by atoms with Crippen LogP contribution in [0.2, 0.25) is 0 Å². The van der Waals surface area contributed by atoms with Crippen LogP contribution < -0.4 is 5.32 Å². The van der Waals surface area contributed by atoms with Gasteiger partial charge in [0.05, 0.1) is 29.1 Å². The summed E-state index contributed by atoms with van der Waals surface area (Å²) in [5.41, 5.74) is 4.29. The number of aliphatic carboxylic acids is 1. The van der Waals surface area contributed by atoms with Crippen LogP contribution in [-0.4, -0.2) is 46.5 Å². The summed E-state index contributed by atoms with van der Waals surface area (Å²) >= 11 is 0. The van der Waals surface area contributed by atoms with Crippen molar-refractivity contribution in [3.8, 4) is 5.69 Å². The maximum absolute atomic E-state index is 12.7. The quantitative estimate of drug-likeness (QED) is 0.797. The van der Waals surface area contributed by atoms with E-state index in [0.29, 0.717) is 31.6 Å². The van der Waals surface area contributed by atoms with Crippen molar-refractivity contribution in [1.29, 1.82) is 0 Å². The maximum Gasteiger partial charge on any atom is 0.308 e. The molecule has 2 aromatic rings. The van der Waals surface area contributed by atoms with Crippen molar-refractivity contribution in [3.63, 3.8) is 0 Å². The summed E-state index contributed by atoms with van der Waals surface area (Å²) in [7, 11) is 0. The molecule has 1 aromatic carbocycles. The molecule has 2 N–H and O–H groups in total. The molecule has 1 aliphatic heterocycles. The van der Waals surface area contributed by atoms with E-state index in [1.165, 1.54) is 6.20 Å². The highest BCUT2D eigenvalue weighted by molar-refractivity contribution is 5.95. The van der Waals surface area contributed by atoms with Crippen LogP contribution in [0.5, 0.6) is 0 Å². The third-order valence-electron chi connectivity index (χ3n) is 5.48. The Hall–Kier alpha value is -2.67. The van der Waals surface area contributed by atoms with Crippen LogP contribution in [-0.2, 0) is 9.53 Å². The number of hydrogen-bond donors (Lipinski definition) is 2. The summed E-state index contributed by atoms with van der Waals surface area (Å²) < 4.78 is 7.07. The molecule has 1 amide bonds. The molecule has 1 aromatic heterocycles. The van der Waals surface area contributed by atoms with Gasteiger partial charge in [-0.25, -0.2) is 4.68 Å². The molecule has 7 heteroatoms. The number of amides is 1. The van der Waals surface area contributed by atoms with Crippen molar-refractivity contribution in [3.05, 3.63) is 46.8 Å². The van der Waals surface area contributed by atoms with Crippen LogP contribution in [0, 0.1) is 32.6 Å². The molecule has 1 fully saturated rings. The molecule has 1 saturated heterocycles. The van der Waals surface area contributed by atoms with Gasteiger partial charge in [0.25, 0.3) is 5.91 Å². The molecule has 1 atom stereocenters. The highest BCUT2D eigenvalue weighted by Crippen LogP contribution is 2.24. The Balaban J connectivity index is 1.73. The van der Waals surface area contributed by atoms with Gasteiger partial charge < -0.3 is 15.2 Å². The predicted octanol–water partition coefficient (Wildman–Crippen LogP) is 2.65. The SMILES string of the molecule is Cc1ccc(C)c(-n2ncc(C(=O)NCC(C(=O)O)C3CCOCC3)c2C)c1. The number of carbonyl (C=O) groups is 2. The Kier molecular flexibility index (Phi) is 6.14. The molecule has 28 heavy (non-hydrogen) atoms. The minimum absolute atomic E-state index is 0.0188. The third-order valence-corrected chi connectivity index (χ3v) is 5.48. The second-order valence-electron chi connectivity index (χ2n) is 7.45. The first-order valence-electron chi connectivity index (χ1n) is 9.59. The summed E-state index contributed by atoms with van der Waals surface area (Å²) in [6.45, 7) is 7.11. The van der Waals surface area contributed by atoms with Gasteiger partial charge in [-0.15, -0.1) is 0 Å². The number of aryl methyl sites for hydroxylation is 2. The Bertz CT molecular complexity index is 869. The van der Waals surface area contributed by atoms with Gasteiger partial charge >= 0.3 is 5.97 Å². The van der Waals surface area contributed by atoms with Gasteiger partial charge in [-0.05, 0) is 56.7 Å². The van der Waals surface area contributed by atoms with Gasteiger partial charge in [0, 0.05) is 19.8 Å². The van der Waals surface area contributed by atoms with Crippen molar-refractivity contribution in [1.82, 2.24) is 15.1 Å². The number of aromatic nitrogens is 2. The minimum Gasteiger partial charge on any atom is -0.481 e. The summed E-state index contributed by atoms with van der Waals surface area (Å²) in [6, 6.07) is 6.09. The molecule has 7 nitrogen and oxygen atoms in total. The van der Waals surface area contributed by atoms with Crippen molar-refractivity contribution < 1.29 is 19.4 Å². The minimum atomic E-state index is -0.880. The highest BCUT2D eigenvalue weighted by Gasteiger charge is 2.30. The smallest absolute Gasteiger partial charge is 0.308 e. The molecular weight excluding hydrogens is 358 g/mol. The van der Waals surface area contributed by atoms with Gasteiger partial charge in [-0.3, -0.25) is 9.59 Å². The lowest BCUT2D eigenvalue weighted by atomic mass is 9.86. The van der Waals surface area contributed by atoms with E-state index >= 15 is 0 Å². The molecule has 150 valence electrons. The zero-order valence-corrected chi connectivity index (χ0v) is 16.6. The van der Waals surface area contributed by atoms with Crippen LogP contribution >= 0.6 is 0 Å². The predicted molar refractivity (Wildman–Crippen MR) is 105 cm³/mol. The standard InChI is InChI=1S/C21H27N3O4/c1-13-4-5-14(2)19(10-13)24-15(3)17(12-23-24)20(25)22-11-18(21(26)27)16-6-8-28-9-7-16/h4-5,10,12,16,18H,6-9,11H2,1-3H3,(H,22,25)(H,26,27). The van der Waals surface area contributed by atoms with E-state index in [1.807, 2.05) is 39.0 Å². The number of carboxylic acids is 1. The first-order chi connectivity index (χ1) is 13.4. The average Bonchev–Trinajstić information content (AvgIpc) is 3.05. The van der Waals surface area contributed by atoms with E-state index in [0.717, 1.165) is 22.5 Å². The van der Waals surface area contributed by atoms with E-state index in [1.54, 1.807) is 4.68 Å². The first kappa shape index (κ1) is 20.1. The van der Waals surface area contributed by atoms with Crippen molar-refractivity contribution in [2.75, 3.05) is 19.8 Å². The lowest BCUT2D eigenvalue weighted by Crippen LogP contribution is -2.39. The molecule has 0 spiro atoms. The van der Waals surface area contributed by atoms with E-state index < -0.39 is 11.9 Å². The number of carbonyl (C=O) groups excluding carboxylic acids is 1. The van der Waals surface area contributed by atoms with E-state index in [-0.39, 0.29) is 18.4 Å². The van der Waals surface area contributed by atoms with Crippen LogP contribution in [0.1, 0.15) is 40.0 Å². The molecular formula is C21H27N3O4. The fourth-order valence-electron chi connectivity index (χ4n) is 3.69. The van der Waals surface area contributed by atoms with Crippen molar-refractivity contribution >= 4 is 11.9 Å². The molecule has 0 radical (unpaired) electrons. The summed E-state index contributed by atoms with van der Waals surface area (Å²) in [5, 5.41) is 16.7.